The summed E-state index contributed by atoms with van der Waals surface area (Å²) in [6.45, 7) is 9.39. The molecule has 1 atom stereocenters. The number of benzene rings is 1. The Bertz CT molecular complexity index is 644. The van der Waals surface area contributed by atoms with Gasteiger partial charge in [-0.1, -0.05) is 17.7 Å². The number of aromatic nitrogens is 2. The first-order chi connectivity index (χ1) is 9.43. The average Bonchev–Trinajstić information content (AvgIpc) is 2.69. The maximum absolute atomic E-state index is 12.1. The molecule has 108 valence electrons. The van der Waals surface area contributed by atoms with Gasteiger partial charge in [-0.15, -0.1) is 0 Å². The Kier molecular flexibility index (Phi) is 4.14. The molecule has 0 aliphatic carbocycles. The van der Waals surface area contributed by atoms with Crippen LogP contribution in [0.25, 0.3) is 0 Å². The van der Waals surface area contributed by atoms with Crippen LogP contribution in [0.2, 0.25) is 0 Å². The molecule has 1 unspecified atom stereocenters. The van der Waals surface area contributed by atoms with Crippen LogP contribution in [0.3, 0.4) is 0 Å². The molecule has 20 heavy (non-hydrogen) atoms. The topological polar surface area (TPSA) is 52.9 Å². The Morgan fingerprint density at radius 3 is 2.15 bits per heavy atom. The lowest BCUT2D eigenvalue weighted by molar-refractivity contribution is 0.544. The van der Waals surface area contributed by atoms with Crippen molar-refractivity contribution in [2.75, 3.05) is 0 Å². The maximum Gasteiger partial charge on any atom is 0.328 e. The summed E-state index contributed by atoms with van der Waals surface area (Å²) in [6, 6.07) is 4.12. The molecular formula is C16H23N3O. The van der Waals surface area contributed by atoms with Crippen molar-refractivity contribution >= 4 is 0 Å². The third-order valence-electron chi connectivity index (χ3n) is 3.76. The maximum atomic E-state index is 12.1. The molecule has 0 aliphatic heterocycles. The summed E-state index contributed by atoms with van der Waals surface area (Å²) in [5.41, 5.74) is 11.1. The first-order valence-electron chi connectivity index (χ1n) is 7.03. The van der Waals surface area contributed by atoms with Crippen LogP contribution in [-0.2, 0) is 13.1 Å². The van der Waals surface area contributed by atoms with Crippen molar-refractivity contribution in [2.45, 2.75) is 46.8 Å². The zero-order valence-electron chi connectivity index (χ0n) is 12.7. The van der Waals surface area contributed by atoms with Gasteiger partial charge in [-0.05, 0) is 44.4 Å². The Hall–Kier alpha value is -1.81. The lowest BCUT2D eigenvalue weighted by atomic mass is 9.94. The van der Waals surface area contributed by atoms with Crippen molar-refractivity contribution in [3.63, 3.8) is 0 Å². The zero-order valence-corrected chi connectivity index (χ0v) is 12.7. The number of nitrogens with zero attached hydrogens (tertiary/aromatic N) is 2. The zero-order chi connectivity index (χ0) is 14.9. The first kappa shape index (κ1) is 14.6. The number of rotatable bonds is 4. The van der Waals surface area contributed by atoms with E-state index in [9.17, 15) is 4.79 Å². The van der Waals surface area contributed by atoms with Crippen LogP contribution in [0.5, 0.6) is 0 Å². The Morgan fingerprint density at radius 1 is 1.10 bits per heavy atom. The van der Waals surface area contributed by atoms with E-state index in [4.69, 9.17) is 5.73 Å². The number of hydrogen-bond donors (Lipinski definition) is 1. The molecular weight excluding hydrogens is 250 g/mol. The largest absolute Gasteiger partial charge is 0.328 e. The molecule has 0 saturated heterocycles. The fourth-order valence-electron chi connectivity index (χ4n) is 2.91. The Morgan fingerprint density at radius 2 is 1.65 bits per heavy atom. The highest BCUT2D eigenvalue weighted by molar-refractivity contribution is 5.39. The Labute approximate surface area is 119 Å². The summed E-state index contributed by atoms with van der Waals surface area (Å²) in [5.74, 6) is 0. The second-order valence-corrected chi connectivity index (χ2v) is 5.44. The van der Waals surface area contributed by atoms with Crippen LogP contribution in [0.4, 0.5) is 0 Å². The van der Waals surface area contributed by atoms with E-state index in [2.05, 4.69) is 32.9 Å². The van der Waals surface area contributed by atoms with E-state index in [0.717, 1.165) is 5.56 Å². The van der Waals surface area contributed by atoms with Gasteiger partial charge in [-0.25, -0.2) is 4.79 Å². The average molecular weight is 273 g/mol. The minimum absolute atomic E-state index is 0.00497. The van der Waals surface area contributed by atoms with Gasteiger partial charge in [-0.2, -0.15) is 0 Å². The van der Waals surface area contributed by atoms with Gasteiger partial charge in [-0.3, -0.25) is 9.13 Å². The summed E-state index contributed by atoms with van der Waals surface area (Å²) in [5, 5.41) is 0. The van der Waals surface area contributed by atoms with E-state index in [0.29, 0.717) is 13.1 Å². The molecule has 0 spiro atoms. The van der Waals surface area contributed by atoms with Crippen molar-refractivity contribution in [3.8, 4) is 0 Å². The SMILES string of the molecule is CCn1ccn(CC(N)c2c(C)cc(C)cc2C)c1=O. The molecule has 2 aromatic rings. The highest BCUT2D eigenvalue weighted by Gasteiger charge is 2.14. The second-order valence-electron chi connectivity index (χ2n) is 5.44. The molecule has 0 fully saturated rings. The minimum Gasteiger partial charge on any atom is -0.322 e. The van der Waals surface area contributed by atoms with Gasteiger partial charge in [0.2, 0.25) is 0 Å². The van der Waals surface area contributed by atoms with Gasteiger partial charge in [0.15, 0.2) is 0 Å². The van der Waals surface area contributed by atoms with Gasteiger partial charge in [0.05, 0.1) is 0 Å². The molecule has 1 aromatic carbocycles. The van der Waals surface area contributed by atoms with E-state index >= 15 is 0 Å². The molecule has 0 bridgehead atoms. The minimum atomic E-state index is -0.166. The first-order valence-corrected chi connectivity index (χ1v) is 7.03. The van der Waals surface area contributed by atoms with E-state index in [1.165, 1.54) is 16.7 Å². The normalized spacial score (nSPS) is 12.7. The molecule has 2 rings (SSSR count). The number of aryl methyl sites for hydroxylation is 4. The third-order valence-corrected chi connectivity index (χ3v) is 3.76. The highest BCUT2D eigenvalue weighted by Crippen LogP contribution is 2.22. The fourth-order valence-corrected chi connectivity index (χ4v) is 2.91. The number of imidazole rings is 1. The molecule has 4 heteroatoms. The van der Waals surface area contributed by atoms with Gasteiger partial charge >= 0.3 is 5.69 Å². The number of nitrogens with two attached hydrogens (primary N) is 1. The van der Waals surface area contributed by atoms with Crippen molar-refractivity contribution in [1.29, 1.82) is 0 Å². The monoisotopic (exact) mass is 273 g/mol. The van der Waals surface area contributed by atoms with Gasteiger partial charge in [0.1, 0.15) is 0 Å². The van der Waals surface area contributed by atoms with Gasteiger partial charge in [0.25, 0.3) is 0 Å². The van der Waals surface area contributed by atoms with E-state index in [1.54, 1.807) is 9.13 Å². The summed E-state index contributed by atoms with van der Waals surface area (Å²) >= 11 is 0. The summed E-state index contributed by atoms with van der Waals surface area (Å²) in [6.07, 6.45) is 3.62. The van der Waals surface area contributed by atoms with Crippen molar-refractivity contribution in [3.05, 3.63) is 57.3 Å². The third kappa shape index (κ3) is 2.70. The molecule has 0 radical (unpaired) electrons. The smallest absolute Gasteiger partial charge is 0.322 e. The van der Waals surface area contributed by atoms with Crippen molar-refractivity contribution in [1.82, 2.24) is 9.13 Å². The lowest BCUT2D eigenvalue weighted by Crippen LogP contribution is -2.28. The lowest BCUT2D eigenvalue weighted by Gasteiger charge is -2.18. The van der Waals surface area contributed by atoms with Crippen LogP contribution in [-0.4, -0.2) is 9.13 Å². The van der Waals surface area contributed by atoms with Crippen molar-refractivity contribution in [2.24, 2.45) is 5.73 Å². The van der Waals surface area contributed by atoms with E-state index in [1.807, 2.05) is 19.3 Å². The second kappa shape index (κ2) is 5.67. The van der Waals surface area contributed by atoms with E-state index in [-0.39, 0.29) is 11.7 Å². The summed E-state index contributed by atoms with van der Waals surface area (Å²) in [7, 11) is 0. The molecule has 0 amide bonds. The van der Waals surface area contributed by atoms with Crippen LogP contribution in [0.1, 0.15) is 35.2 Å². The van der Waals surface area contributed by atoms with Gasteiger partial charge in [0, 0.05) is 31.5 Å². The molecule has 1 aromatic heterocycles. The van der Waals surface area contributed by atoms with Crippen LogP contribution < -0.4 is 11.4 Å². The highest BCUT2D eigenvalue weighted by atomic mass is 16.1. The van der Waals surface area contributed by atoms with Gasteiger partial charge < -0.3 is 5.73 Å². The van der Waals surface area contributed by atoms with Crippen molar-refractivity contribution < 1.29 is 0 Å². The van der Waals surface area contributed by atoms with Crippen LogP contribution in [0, 0.1) is 20.8 Å². The molecule has 4 nitrogen and oxygen atoms in total. The Balaban J connectivity index is 2.31. The van der Waals surface area contributed by atoms with Crippen LogP contribution in [0.15, 0.2) is 29.3 Å². The van der Waals surface area contributed by atoms with Crippen LogP contribution >= 0.6 is 0 Å². The molecule has 0 saturated carbocycles. The molecule has 2 N–H and O–H groups in total. The number of hydrogen-bond acceptors (Lipinski definition) is 2. The van der Waals surface area contributed by atoms with E-state index < -0.39 is 0 Å². The molecule has 0 aliphatic rings. The quantitative estimate of drug-likeness (QED) is 0.929. The predicted octanol–water partition coefficient (Wildman–Crippen LogP) is 2.29. The predicted molar refractivity (Wildman–Crippen MR) is 81.9 cm³/mol. The standard InChI is InChI=1S/C16H23N3O/c1-5-18-6-7-19(16(18)20)10-14(17)15-12(3)8-11(2)9-13(15)4/h6-9,14H,5,10,17H2,1-4H3. The summed E-state index contributed by atoms with van der Waals surface area (Å²) < 4.78 is 3.37. The fraction of sp³-hybridized carbons (Fsp3) is 0.438. The summed E-state index contributed by atoms with van der Waals surface area (Å²) in [4.78, 5) is 12.1. The molecule has 1 heterocycles.